The molecule has 0 aliphatic heterocycles. The largest absolute Gasteiger partial charge is 0.253 e. The minimum absolute atomic E-state index is 0.359. The van der Waals surface area contributed by atoms with Gasteiger partial charge < -0.3 is 0 Å². The van der Waals surface area contributed by atoms with Crippen LogP contribution in [-0.4, -0.2) is 5.71 Å². The first-order valence-electron chi connectivity index (χ1n) is 5.66. The van der Waals surface area contributed by atoms with E-state index in [4.69, 9.17) is 0 Å². The average molecular weight is 217 g/mol. The van der Waals surface area contributed by atoms with Gasteiger partial charge >= 0.3 is 0 Å². The lowest BCUT2D eigenvalue weighted by atomic mass is 10.0. The van der Waals surface area contributed by atoms with Crippen molar-refractivity contribution in [3.8, 4) is 0 Å². The van der Waals surface area contributed by atoms with Crippen molar-refractivity contribution in [3.05, 3.63) is 48.2 Å². The summed E-state index contributed by atoms with van der Waals surface area (Å²) in [5.74, 6) is 0.359. The van der Waals surface area contributed by atoms with Crippen LogP contribution in [-0.2, 0) is 0 Å². The van der Waals surface area contributed by atoms with E-state index in [0.29, 0.717) is 5.92 Å². The monoisotopic (exact) mass is 217 g/mol. The molecule has 16 heavy (non-hydrogen) atoms. The van der Waals surface area contributed by atoms with Crippen LogP contribution in [0.25, 0.3) is 0 Å². The summed E-state index contributed by atoms with van der Waals surface area (Å²) in [6.45, 7) is 18.1. The van der Waals surface area contributed by atoms with Crippen molar-refractivity contribution in [1.82, 2.24) is 0 Å². The quantitative estimate of drug-likeness (QED) is 0.467. The lowest BCUT2D eigenvalue weighted by Gasteiger charge is -2.10. The molecule has 0 aromatic rings. The van der Waals surface area contributed by atoms with Gasteiger partial charge in [-0.25, -0.2) is 0 Å². The van der Waals surface area contributed by atoms with Gasteiger partial charge in [0.2, 0.25) is 0 Å². The number of rotatable bonds is 5. The van der Waals surface area contributed by atoms with Gasteiger partial charge in [-0.1, -0.05) is 45.2 Å². The van der Waals surface area contributed by atoms with Crippen LogP contribution in [0, 0.1) is 5.92 Å². The van der Waals surface area contributed by atoms with Crippen LogP contribution in [0.2, 0.25) is 0 Å². The molecule has 0 bridgehead atoms. The summed E-state index contributed by atoms with van der Waals surface area (Å²) in [6.07, 6.45) is 6.09. The fourth-order valence-electron chi connectivity index (χ4n) is 1.17. The zero-order valence-electron chi connectivity index (χ0n) is 11.2. The van der Waals surface area contributed by atoms with E-state index in [-0.39, 0.29) is 0 Å². The van der Waals surface area contributed by atoms with Crippen molar-refractivity contribution in [2.75, 3.05) is 0 Å². The van der Waals surface area contributed by atoms with Crippen LogP contribution in [0.1, 0.15) is 34.6 Å². The summed E-state index contributed by atoms with van der Waals surface area (Å²) in [4.78, 5) is 4.57. The molecule has 0 atom stereocenters. The van der Waals surface area contributed by atoms with Gasteiger partial charge in [0.15, 0.2) is 0 Å². The highest BCUT2D eigenvalue weighted by Crippen LogP contribution is 2.15. The first-order valence-corrected chi connectivity index (χ1v) is 5.66. The fourth-order valence-corrected chi connectivity index (χ4v) is 1.17. The summed E-state index contributed by atoms with van der Waals surface area (Å²) in [5.41, 5.74) is 3.88. The summed E-state index contributed by atoms with van der Waals surface area (Å²) in [6, 6.07) is 0. The molecule has 0 rings (SSSR count). The Balaban J connectivity index is 5.32. The normalized spacial score (nSPS) is 13.6. The lowest BCUT2D eigenvalue weighted by molar-refractivity contribution is 0.762. The average Bonchev–Trinajstić information content (AvgIpc) is 2.22. The van der Waals surface area contributed by atoms with Gasteiger partial charge in [0.1, 0.15) is 0 Å². The molecule has 0 radical (unpaired) electrons. The van der Waals surface area contributed by atoms with E-state index >= 15 is 0 Å². The van der Waals surface area contributed by atoms with Gasteiger partial charge in [-0.3, -0.25) is 4.99 Å². The minimum atomic E-state index is 0.359. The van der Waals surface area contributed by atoms with E-state index in [1.54, 1.807) is 0 Å². The Labute approximate surface area is 100.0 Å². The summed E-state index contributed by atoms with van der Waals surface area (Å²) in [7, 11) is 0. The third-order valence-corrected chi connectivity index (χ3v) is 2.26. The second kappa shape index (κ2) is 7.00. The van der Waals surface area contributed by atoms with Crippen molar-refractivity contribution in [3.63, 3.8) is 0 Å². The Morgan fingerprint density at radius 3 is 2.06 bits per heavy atom. The SMILES string of the molecule is C=C(C)C(=NC(=C)C(C)C)C(/C=C\C)=C/C. The molecule has 1 nitrogen and oxygen atoms in total. The Kier molecular flexibility index (Phi) is 6.40. The van der Waals surface area contributed by atoms with E-state index in [1.165, 1.54) is 0 Å². The van der Waals surface area contributed by atoms with Crippen LogP contribution >= 0.6 is 0 Å². The molecule has 0 aliphatic carbocycles. The molecule has 0 unspecified atom stereocenters. The van der Waals surface area contributed by atoms with Gasteiger partial charge in [0, 0.05) is 5.70 Å². The molecule has 0 aliphatic rings. The number of nitrogens with zero attached hydrogens (tertiary/aromatic N) is 1. The molecule has 0 heterocycles. The van der Waals surface area contributed by atoms with E-state index < -0.39 is 0 Å². The van der Waals surface area contributed by atoms with E-state index in [2.05, 4.69) is 32.0 Å². The fraction of sp³-hybridized carbons (Fsp3) is 0.400. The molecule has 0 aromatic heterocycles. The van der Waals surface area contributed by atoms with E-state index in [1.807, 2.05) is 39.0 Å². The first-order chi connectivity index (χ1) is 7.43. The zero-order chi connectivity index (χ0) is 12.7. The summed E-state index contributed by atoms with van der Waals surface area (Å²) >= 11 is 0. The smallest absolute Gasteiger partial charge is 0.0724 e. The molecule has 0 amide bonds. The predicted molar refractivity (Wildman–Crippen MR) is 74.8 cm³/mol. The minimum Gasteiger partial charge on any atom is -0.253 e. The number of hydrogen-bond acceptors (Lipinski definition) is 1. The highest BCUT2D eigenvalue weighted by atomic mass is 14.8. The maximum atomic E-state index is 4.57. The maximum Gasteiger partial charge on any atom is 0.0724 e. The van der Waals surface area contributed by atoms with E-state index in [9.17, 15) is 0 Å². The number of aliphatic imine (C=N–C) groups is 1. The third kappa shape index (κ3) is 4.43. The van der Waals surface area contributed by atoms with Crippen LogP contribution in [0.3, 0.4) is 0 Å². The van der Waals surface area contributed by atoms with Gasteiger partial charge in [0.25, 0.3) is 0 Å². The molecule has 0 fully saturated rings. The van der Waals surface area contributed by atoms with Crippen LogP contribution < -0.4 is 0 Å². The highest BCUT2D eigenvalue weighted by Gasteiger charge is 2.06. The predicted octanol–water partition coefficient (Wildman–Crippen LogP) is 4.70. The molecule has 0 saturated carbocycles. The van der Waals surface area contributed by atoms with Crippen molar-refractivity contribution >= 4 is 5.71 Å². The van der Waals surface area contributed by atoms with Gasteiger partial charge in [-0.15, -0.1) is 0 Å². The van der Waals surface area contributed by atoms with Crippen molar-refractivity contribution < 1.29 is 0 Å². The first kappa shape index (κ1) is 14.6. The highest BCUT2D eigenvalue weighted by molar-refractivity contribution is 6.13. The summed E-state index contributed by atoms with van der Waals surface area (Å²) < 4.78 is 0. The second-order valence-electron chi connectivity index (χ2n) is 4.13. The molecule has 0 N–H and O–H groups in total. The Hall–Kier alpha value is -1.37. The van der Waals surface area contributed by atoms with Crippen molar-refractivity contribution in [2.24, 2.45) is 10.9 Å². The van der Waals surface area contributed by atoms with E-state index in [0.717, 1.165) is 22.6 Å². The zero-order valence-corrected chi connectivity index (χ0v) is 11.2. The second-order valence-corrected chi connectivity index (χ2v) is 4.13. The molecule has 0 saturated heterocycles. The maximum absolute atomic E-state index is 4.57. The van der Waals surface area contributed by atoms with Crippen molar-refractivity contribution in [2.45, 2.75) is 34.6 Å². The molecule has 1 heteroatoms. The van der Waals surface area contributed by atoms with Crippen LogP contribution in [0.15, 0.2) is 53.2 Å². The van der Waals surface area contributed by atoms with Crippen molar-refractivity contribution in [1.29, 1.82) is 0 Å². The standard InChI is InChI=1S/C15H23N/c1-8-10-14(9-2)15(12(5)6)16-13(7)11(3)4/h8-11H,5,7H2,1-4,6H3/b10-8-,14-9+,16-15?. The van der Waals surface area contributed by atoms with Gasteiger partial charge in [0.05, 0.1) is 5.71 Å². The van der Waals surface area contributed by atoms with Crippen LogP contribution in [0.5, 0.6) is 0 Å². The topological polar surface area (TPSA) is 12.4 Å². The summed E-state index contributed by atoms with van der Waals surface area (Å²) in [5, 5.41) is 0. The van der Waals surface area contributed by atoms with Crippen LogP contribution in [0.4, 0.5) is 0 Å². The Morgan fingerprint density at radius 1 is 1.19 bits per heavy atom. The lowest BCUT2D eigenvalue weighted by Crippen LogP contribution is -2.04. The Morgan fingerprint density at radius 2 is 1.75 bits per heavy atom. The number of allylic oxidation sites excluding steroid dienone is 6. The van der Waals surface area contributed by atoms with Gasteiger partial charge in [-0.05, 0) is 37.8 Å². The third-order valence-electron chi connectivity index (χ3n) is 2.26. The molecular formula is C15H23N. The number of hydrogen-bond donors (Lipinski definition) is 0. The molecule has 88 valence electrons. The molecule has 0 spiro atoms. The van der Waals surface area contributed by atoms with Gasteiger partial charge in [-0.2, -0.15) is 0 Å². The molecular weight excluding hydrogens is 194 g/mol. The Bertz CT molecular complexity index is 352. The molecule has 0 aromatic carbocycles.